The molecule has 0 aliphatic carbocycles. The Kier molecular flexibility index (Phi) is 6.87. The molecule has 1 aromatic rings. The number of piperidine rings is 1. The van der Waals surface area contributed by atoms with Gasteiger partial charge in [0.25, 0.3) is 0 Å². The largest absolute Gasteiger partial charge is 0.490 e. The van der Waals surface area contributed by atoms with Gasteiger partial charge in [-0.2, -0.15) is 0 Å². The van der Waals surface area contributed by atoms with Gasteiger partial charge in [0.05, 0.1) is 18.8 Å². The fourth-order valence-electron chi connectivity index (χ4n) is 2.88. The molecule has 0 radical (unpaired) electrons. The Hall–Kier alpha value is -1.39. The van der Waals surface area contributed by atoms with Gasteiger partial charge in [-0.05, 0) is 44.4 Å². The Bertz CT molecular complexity index is 475. The summed E-state index contributed by atoms with van der Waals surface area (Å²) in [6.45, 7) is 9.00. The molecule has 0 aromatic heterocycles. The maximum absolute atomic E-state index is 11.5. The molecule has 0 N–H and O–H groups in total. The van der Waals surface area contributed by atoms with Gasteiger partial charge >= 0.3 is 0 Å². The molecule has 0 spiro atoms. The minimum Gasteiger partial charge on any atom is -0.490 e. The molecule has 122 valence electrons. The van der Waals surface area contributed by atoms with Gasteiger partial charge in [0, 0.05) is 13.1 Å². The third-order valence-electron chi connectivity index (χ3n) is 4.04. The summed E-state index contributed by atoms with van der Waals surface area (Å²) in [5.41, 5.74) is 0.629. The summed E-state index contributed by atoms with van der Waals surface area (Å²) < 4.78 is 11.3. The molecule has 4 heteroatoms. The van der Waals surface area contributed by atoms with E-state index < -0.39 is 0 Å². The van der Waals surface area contributed by atoms with Crippen LogP contribution in [0, 0.1) is 5.92 Å². The number of likely N-dealkylation sites (tertiary alicyclic amines) is 1. The zero-order chi connectivity index (χ0) is 15.8. The van der Waals surface area contributed by atoms with E-state index in [1.807, 2.05) is 18.2 Å². The maximum atomic E-state index is 11.5. The average molecular weight is 305 g/mol. The predicted molar refractivity (Wildman–Crippen MR) is 87.6 cm³/mol. The molecule has 1 aromatic carbocycles. The summed E-state index contributed by atoms with van der Waals surface area (Å²) in [6.07, 6.45) is 2.65. The number of nitrogens with zero attached hydrogens (tertiary/aromatic N) is 1. The lowest BCUT2D eigenvalue weighted by atomic mass is 10.0. The molecular weight excluding hydrogens is 278 g/mol. The van der Waals surface area contributed by atoms with Crippen LogP contribution in [0.15, 0.2) is 24.3 Å². The lowest BCUT2D eigenvalue weighted by Gasteiger charge is -2.30. The molecule has 0 unspecified atom stereocenters. The number of Topliss-reactive ketones (excluding diaryl/α,β-unsaturated/α-hetero) is 1. The van der Waals surface area contributed by atoms with Crippen molar-refractivity contribution in [1.82, 2.24) is 4.90 Å². The molecule has 1 atom stereocenters. The van der Waals surface area contributed by atoms with Crippen molar-refractivity contribution >= 4 is 5.78 Å². The van der Waals surface area contributed by atoms with Crippen LogP contribution >= 0.6 is 0 Å². The summed E-state index contributed by atoms with van der Waals surface area (Å²) >= 11 is 0. The van der Waals surface area contributed by atoms with Gasteiger partial charge in [-0.15, -0.1) is 0 Å². The molecule has 0 saturated carbocycles. The number of hydrogen-bond donors (Lipinski definition) is 0. The Morgan fingerprint density at radius 2 is 2.09 bits per heavy atom. The molecule has 0 amide bonds. The first-order chi connectivity index (χ1) is 10.7. The Labute approximate surface area is 133 Å². The molecule has 2 rings (SSSR count). The van der Waals surface area contributed by atoms with E-state index in [0.29, 0.717) is 24.5 Å². The van der Waals surface area contributed by atoms with E-state index in [9.17, 15) is 4.79 Å². The highest BCUT2D eigenvalue weighted by Gasteiger charge is 2.15. The van der Waals surface area contributed by atoms with Crippen molar-refractivity contribution in [2.45, 2.75) is 26.7 Å². The SMILES string of the molecule is CC(=O)c1ccccc1OCCOCCN1CCC[C@@H](C)C1. The third kappa shape index (κ3) is 5.43. The zero-order valence-electron chi connectivity index (χ0n) is 13.7. The smallest absolute Gasteiger partial charge is 0.163 e. The second kappa shape index (κ2) is 8.91. The molecule has 1 fully saturated rings. The number of para-hydroxylation sites is 1. The van der Waals surface area contributed by atoms with Crippen molar-refractivity contribution < 1.29 is 14.3 Å². The van der Waals surface area contributed by atoms with Gasteiger partial charge in [0.15, 0.2) is 5.78 Å². The average Bonchev–Trinajstić information content (AvgIpc) is 2.51. The minimum absolute atomic E-state index is 0.0238. The van der Waals surface area contributed by atoms with Gasteiger partial charge in [-0.1, -0.05) is 19.1 Å². The summed E-state index contributed by atoms with van der Waals surface area (Å²) in [5, 5.41) is 0. The standard InChI is InChI=1S/C18H27NO3/c1-15-6-5-9-19(14-15)10-11-21-12-13-22-18-8-4-3-7-17(18)16(2)20/h3-4,7-8,15H,5-6,9-14H2,1-2H3/t15-/m1/s1. The third-order valence-corrected chi connectivity index (χ3v) is 4.04. The Morgan fingerprint density at radius 1 is 1.27 bits per heavy atom. The molecular formula is C18H27NO3. The monoisotopic (exact) mass is 305 g/mol. The molecule has 1 heterocycles. The topological polar surface area (TPSA) is 38.8 Å². The summed E-state index contributed by atoms with van der Waals surface area (Å²) in [7, 11) is 0. The van der Waals surface area contributed by atoms with Crippen LogP contribution in [0.25, 0.3) is 0 Å². The minimum atomic E-state index is 0.0238. The van der Waals surface area contributed by atoms with E-state index >= 15 is 0 Å². The highest BCUT2D eigenvalue weighted by Crippen LogP contribution is 2.18. The van der Waals surface area contributed by atoms with Crippen molar-refractivity contribution in [2.75, 3.05) is 39.5 Å². The van der Waals surface area contributed by atoms with E-state index in [2.05, 4.69) is 11.8 Å². The first kappa shape index (κ1) is 17.0. The molecule has 4 nitrogen and oxygen atoms in total. The number of hydrogen-bond acceptors (Lipinski definition) is 4. The van der Waals surface area contributed by atoms with Gasteiger partial charge in [0.1, 0.15) is 12.4 Å². The molecule has 22 heavy (non-hydrogen) atoms. The molecule has 1 saturated heterocycles. The second-order valence-corrected chi connectivity index (χ2v) is 6.06. The number of carbonyl (C=O) groups is 1. The van der Waals surface area contributed by atoms with Gasteiger partial charge < -0.3 is 14.4 Å². The zero-order valence-corrected chi connectivity index (χ0v) is 13.7. The van der Waals surface area contributed by atoms with E-state index in [-0.39, 0.29) is 5.78 Å². The normalized spacial score (nSPS) is 19.1. The van der Waals surface area contributed by atoms with Crippen molar-refractivity contribution in [3.05, 3.63) is 29.8 Å². The number of carbonyl (C=O) groups excluding carboxylic acids is 1. The van der Waals surface area contributed by atoms with Crippen LogP contribution < -0.4 is 4.74 Å². The number of ether oxygens (including phenoxy) is 2. The molecule has 0 bridgehead atoms. The first-order valence-corrected chi connectivity index (χ1v) is 8.19. The van der Waals surface area contributed by atoms with Crippen LogP contribution in [0.2, 0.25) is 0 Å². The van der Waals surface area contributed by atoms with Crippen molar-refractivity contribution in [3.63, 3.8) is 0 Å². The lowest BCUT2D eigenvalue weighted by molar-refractivity contribution is 0.0685. The fourth-order valence-corrected chi connectivity index (χ4v) is 2.88. The number of ketones is 1. The quantitative estimate of drug-likeness (QED) is 0.547. The maximum Gasteiger partial charge on any atom is 0.163 e. The van der Waals surface area contributed by atoms with Gasteiger partial charge in [-0.25, -0.2) is 0 Å². The lowest BCUT2D eigenvalue weighted by Crippen LogP contribution is -2.36. The van der Waals surface area contributed by atoms with Crippen LogP contribution in [0.5, 0.6) is 5.75 Å². The van der Waals surface area contributed by atoms with Crippen molar-refractivity contribution in [1.29, 1.82) is 0 Å². The van der Waals surface area contributed by atoms with E-state index in [1.165, 1.54) is 25.9 Å². The second-order valence-electron chi connectivity index (χ2n) is 6.06. The van der Waals surface area contributed by atoms with Crippen molar-refractivity contribution in [3.8, 4) is 5.75 Å². The van der Waals surface area contributed by atoms with Crippen LogP contribution in [-0.2, 0) is 4.74 Å². The van der Waals surface area contributed by atoms with Crippen LogP contribution in [0.4, 0.5) is 0 Å². The Balaban J connectivity index is 1.60. The Morgan fingerprint density at radius 3 is 2.86 bits per heavy atom. The summed E-state index contributed by atoms with van der Waals surface area (Å²) in [6, 6.07) is 7.34. The fraction of sp³-hybridized carbons (Fsp3) is 0.611. The van der Waals surface area contributed by atoms with Crippen LogP contribution in [0.1, 0.15) is 37.0 Å². The summed E-state index contributed by atoms with van der Waals surface area (Å²) in [4.78, 5) is 14.0. The van der Waals surface area contributed by atoms with Crippen LogP contribution in [-0.4, -0.2) is 50.1 Å². The predicted octanol–water partition coefficient (Wildman–Crippen LogP) is 3.02. The van der Waals surface area contributed by atoms with Crippen LogP contribution in [0.3, 0.4) is 0 Å². The van der Waals surface area contributed by atoms with E-state index in [0.717, 1.165) is 19.1 Å². The van der Waals surface area contributed by atoms with E-state index in [4.69, 9.17) is 9.47 Å². The summed E-state index contributed by atoms with van der Waals surface area (Å²) in [5.74, 6) is 1.47. The number of benzene rings is 1. The van der Waals surface area contributed by atoms with E-state index in [1.54, 1.807) is 13.0 Å². The number of rotatable bonds is 8. The highest BCUT2D eigenvalue weighted by molar-refractivity contribution is 5.96. The van der Waals surface area contributed by atoms with Gasteiger partial charge in [0.2, 0.25) is 0 Å². The van der Waals surface area contributed by atoms with Gasteiger partial charge in [-0.3, -0.25) is 4.79 Å². The molecule has 1 aliphatic heterocycles. The first-order valence-electron chi connectivity index (χ1n) is 8.19. The molecule has 1 aliphatic rings. The van der Waals surface area contributed by atoms with Crippen molar-refractivity contribution in [2.24, 2.45) is 5.92 Å². The highest BCUT2D eigenvalue weighted by atomic mass is 16.5.